The number of halogens is 8. The van der Waals surface area contributed by atoms with Gasteiger partial charge in [-0.05, 0) is 0 Å². The first-order chi connectivity index (χ1) is 10.3. The van der Waals surface area contributed by atoms with Crippen LogP contribution in [-0.2, 0) is 22.8 Å². The zero-order valence-electron chi connectivity index (χ0n) is 11.8. The molecule has 1 heterocycles. The van der Waals surface area contributed by atoms with E-state index in [4.69, 9.17) is 0 Å². The van der Waals surface area contributed by atoms with Crippen LogP contribution in [0.25, 0.3) is 0 Å². The van der Waals surface area contributed by atoms with Gasteiger partial charge in [0.05, 0.1) is 0 Å². The standard InChI is InChI=1S/C9H13F8O5P/c1-18-23(19-2,20-3)7(9(16,17)5(12)13)21-6(22-23)8(14,15)4(10)11/h4-7H,1-3H3. The summed E-state index contributed by atoms with van der Waals surface area (Å²) in [4.78, 5) is 0. The topological polar surface area (TPSA) is 46.2 Å². The van der Waals surface area contributed by atoms with Crippen LogP contribution >= 0.6 is 7.51 Å². The van der Waals surface area contributed by atoms with Crippen LogP contribution in [0.1, 0.15) is 0 Å². The average molecular weight is 384 g/mol. The zero-order valence-corrected chi connectivity index (χ0v) is 12.7. The molecule has 0 spiro atoms. The Bertz CT molecular complexity index is 421. The summed E-state index contributed by atoms with van der Waals surface area (Å²) in [6.45, 7) is 0. The molecule has 0 aromatic carbocycles. The Kier molecular flexibility index (Phi) is 5.58. The summed E-state index contributed by atoms with van der Waals surface area (Å²) >= 11 is 0. The zero-order chi connectivity index (χ0) is 18.3. The van der Waals surface area contributed by atoms with E-state index < -0.39 is 44.3 Å². The second-order valence-electron chi connectivity index (χ2n) is 4.29. The molecule has 0 aromatic rings. The molecule has 0 saturated carbocycles. The van der Waals surface area contributed by atoms with Crippen molar-refractivity contribution in [3.8, 4) is 0 Å². The summed E-state index contributed by atoms with van der Waals surface area (Å²) in [5.74, 6) is -13.6. The third-order valence-corrected chi connectivity index (χ3v) is 6.91. The van der Waals surface area contributed by atoms with Crippen LogP contribution < -0.4 is 0 Å². The maximum absolute atomic E-state index is 13.7. The Labute approximate surface area is 125 Å². The van der Waals surface area contributed by atoms with Gasteiger partial charge in [-0.25, -0.2) is 0 Å². The molecule has 5 nitrogen and oxygen atoms in total. The van der Waals surface area contributed by atoms with Crippen molar-refractivity contribution >= 4 is 7.51 Å². The third-order valence-electron chi connectivity index (χ3n) is 3.13. The van der Waals surface area contributed by atoms with Gasteiger partial charge in [0.1, 0.15) is 0 Å². The molecule has 0 N–H and O–H groups in total. The molecule has 2 atom stereocenters. The van der Waals surface area contributed by atoms with Crippen LogP contribution in [0.5, 0.6) is 0 Å². The van der Waals surface area contributed by atoms with Gasteiger partial charge in [0.25, 0.3) is 0 Å². The average Bonchev–Trinajstić information content (AvgIpc) is 2.86. The Morgan fingerprint density at radius 3 is 1.52 bits per heavy atom. The molecule has 0 aliphatic carbocycles. The van der Waals surface area contributed by atoms with Gasteiger partial charge in [-0.1, -0.05) is 0 Å². The fraction of sp³-hybridized carbons (Fsp3) is 1.00. The fourth-order valence-corrected chi connectivity index (χ4v) is 4.76. The number of ether oxygens (including phenoxy) is 1. The summed E-state index contributed by atoms with van der Waals surface area (Å²) in [7, 11) is -4.18. The predicted octanol–water partition coefficient (Wildman–Crippen LogP) is 3.64. The fourth-order valence-electron chi connectivity index (χ4n) is 1.85. The molecule has 140 valence electrons. The van der Waals surface area contributed by atoms with Crippen molar-refractivity contribution in [3.63, 3.8) is 0 Å². The molecule has 14 heteroatoms. The minimum absolute atomic E-state index is 0.575. The molecule has 1 aliphatic rings. The summed E-state index contributed by atoms with van der Waals surface area (Å²) in [5, 5.41) is 0. The summed E-state index contributed by atoms with van der Waals surface area (Å²) in [6, 6.07) is 0. The minimum atomic E-state index is -5.91. The van der Waals surface area contributed by atoms with Crippen molar-refractivity contribution in [2.45, 2.75) is 36.8 Å². The van der Waals surface area contributed by atoms with E-state index in [-0.39, 0.29) is 0 Å². The Balaban J connectivity index is 3.46. The van der Waals surface area contributed by atoms with Gasteiger partial charge in [-0.2, -0.15) is 0 Å². The maximum atomic E-state index is 13.7. The van der Waals surface area contributed by atoms with Gasteiger partial charge < -0.3 is 0 Å². The van der Waals surface area contributed by atoms with Crippen LogP contribution in [0, 0.1) is 0 Å². The summed E-state index contributed by atoms with van der Waals surface area (Å²) in [6.07, 6.45) is -12.2. The van der Waals surface area contributed by atoms with Gasteiger partial charge in [-0.15, -0.1) is 0 Å². The number of rotatable bonds is 7. The van der Waals surface area contributed by atoms with Crippen molar-refractivity contribution < 1.29 is 58.0 Å². The molecule has 1 fully saturated rings. The quantitative estimate of drug-likeness (QED) is 0.496. The number of alkyl halides is 8. The third kappa shape index (κ3) is 2.91. The van der Waals surface area contributed by atoms with E-state index >= 15 is 0 Å². The Hall–Kier alpha value is -0.330. The van der Waals surface area contributed by atoms with Gasteiger partial charge in [0.2, 0.25) is 0 Å². The van der Waals surface area contributed by atoms with Crippen LogP contribution in [0.15, 0.2) is 0 Å². The van der Waals surface area contributed by atoms with Crippen molar-refractivity contribution in [1.29, 1.82) is 0 Å². The molecule has 0 amide bonds. The second-order valence-corrected chi connectivity index (χ2v) is 7.81. The van der Waals surface area contributed by atoms with E-state index in [9.17, 15) is 35.1 Å². The van der Waals surface area contributed by atoms with Gasteiger partial charge in [0.15, 0.2) is 0 Å². The van der Waals surface area contributed by atoms with Crippen molar-refractivity contribution in [1.82, 2.24) is 0 Å². The van der Waals surface area contributed by atoms with Gasteiger partial charge in [0, 0.05) is 0 Å². The molecule has 1 aliphatic heterocycles. The van der Waals surface area contributed by atoms with Crippen molar-refractivity contribution in [2.24, 2.45) is 0 Å². The first-order valence-corrected chi connectivity index (χ1v) is 7.68. The van der Waals surface area contributed by atoms with E-state index in [1.54, 1.807) is 0 Å². The molecule has 1 saturated heterocycles. The van der Waals surface area contributed by atoms with E-state index in [0.717, 1.165) is 0 Å². The molecular formula is C9H13F8O5P. The molecule has 1 rings (SSSR count). The van der Waals surface area contributed by atoms with E-state index in [2.05, 4.69) is 22.8 Å². The van der Waals surface area contributed by atoms with Crippen molar-refractivity contribution in [2.75, 3.05) is 21.3 Å². The Morgan fingerprint density at radius 1 is 0.826 bits per heavy atom. The first-order valence-electron chi connectivity index (χ1n) is 5.70. The summed E-state index contributed by atoms with van der Waals surface area (Å²) in [5.41, 5.74) is 0. The Morgan fingerprint density at radius 2 is 1.22 bits per heavy atom. The molecule has 0 radical (unpaired) electrons. The molecule has 0 aromatic heterocycles. The molecule has 23 heavy (non-hydrogen) atoms. The van der Waals surface area contributed by atoms with E-state index in [1.165, 1.54) is 0 Å². The van der Waals surface area contributed by atoms with Crippen LogP contribution in [0.2, 0.25) is 0 Å². The molecular weight excluding hydrogens is 371 g/mol. The SMILES string of the molecule is COP1(OC)(OC)OC(C(F)(F)C(F)F)OC1C(F)(F)C(F)F. The van der Waals surface area contributed by atoms with Gasteiger partial charge >= 0.3 is 124 Å². The molecule has 2 unspecified atom stereocenters. The van der Waals surface area contributed by atoms with Crippen molar-refractivity contribution in [3.05, 3.63) is 0 Å². The van der Waals surface area contributed by atoms with Crippen LogP contribution in [-0.4, -0.2) is 58.2 Å². The summed E-state index contributed by atoms with van der Waals surface area (Å²) < 4.78 is 126. The van der Waals surface area contributed by atoms with E-state index in [0.29, 0.717) is 21.3 Å². The monoisotopic (exact) mass is 384 g/mol. The number of hydrogen-bond donors (Lipinski definition) is 0. The first kappa shape index (κ1) is 20.7. The molecule has 0 bridgehead atoms. The van der Waals surface area contributed by atoms with Crippen LogP contribution in [0.4, 0.5) is 35.1 Å². The normalized spacial score (nSPS) is 29.7. The van der Waals surface area contributed by atoms with Gasteiger partial charge in [-0.3, -0.25) is 0 Å². The second kappa shape index (κ2) is 6.19. The number of hydrogen-bond acceptors (Lipinski definition) is 5. The predicted molar refractivity (Wildman–Crippen MR) is 59.6 cm³/mol. The van der Waals surface area contributed by atoms with Crippen LogP contribution in [0.3, 0.4) is 0 Å². The van der Waals surface area contributed by atoms with E-state index in [1.807, 2.05) is 0 Å².